The molecule has 0 heterocycles. The highest BCUT2D eigenvalue weighted by atomic mass is 79.9. The number of hydrogen-bond acceptors (Lipinski definition) is 2. The summed E-state index contributed by atoms with van der Waals surface area (Å²) in [6.45, 7) is -0.0172. The highest BCUT2D eigenvalue weighted by Gasteiger charge is 2.32. The summed E-state index contributed by atoms with van der Waals surface area (Å²) in [5.74, 6) is 0.181. The van der Waals surface area contributed by atoms with Gasteiger partial charge in [-0.1, -0.05) is 15.9 Å². The minimum Gasteiger partial charge on any atom is -0.496 e. The first-order chi connectivity index (χ1) is 7.90. The van der Waals surface area contributed by atoms with Crippen LogP contribution < -0.4 is 4.74 Å². The van der Waals surface area contributed by atoms with Crippen molar-refractivity contribution < 1.29 is 23.0 Å². The molecule has 1 rings (SSSR count). The van der Waals surface area contributed by atoms with Gasteiger partial charge >= 0.3 is 6.18 Å². The summed E-state index contributed by atoms with van der Waals surface area (Å²) in [5.41, 5.74) is -0.122. The number of aliphatic hydroxyl groups excluding tert-OH is 1. The van der Waals surface area contributed by atoms with Crippen molar-refractivity contribution in [2.24, 2.45) is 0 Å². The molecule has 0 atom stereocenters. The van der Waals surface area contributed by atoms with Gasteiger partial charge in [0.15, 0.2) is 0 Å². The van der Waals surface area contributed by atoms with E-state index in [0.717, 1.165) is 12.1 Å². The van der Waals surface area contributed by atoms with Gasteiger partial charge in [-0.3, -0.25) is 0 Å². The lowest BCUT2D eigenvalue weighted by Gasteiger charge is -2.14. The van der Waals surface area contributed by atoms with Crippen molar-refractivity contribution in [1.82, 2.24) is 0 Å². The molecule has 0 spiro atoms. The van der Waals surface area contributed by atoms with E-state index in [-0.39, 0.29) is 12.4 Å². The van der Waals surface area contributed by atoms with E-state index in [1.54, 1.807) is 0 Å². The lowest BCUT2D eigenvalue weighted by molar-refractivity contribution is -0.137. The molecule has 0 amide bonds. The molecule has 0 saturated heterocycles. The zero-order valence-corrected chi connectivity index (χ0v) is 10.7. The molecule has 0 radical (unpaired) electrons. The summed E-state index contributed by atoms with van der Waals surface area (Å²) in [5, 5.41) is 8.73. The number of halogens is 4. The number of hydrogen-bond donors (Lipinski definition) is 1. The lowest BCUT2D eigenvalue weighted by atomic mass is 10.1. The highest BCUT2D eigenvalue weighted by molar-refractivity contribution is 9.10. The van der Waals surface area contributed by atoms with Gasteiger partial charge in [-0.2, -0.15) is 13.2 Å². The summed E-state index contributed by atoms with van der Waals surface area (Å²) >= 11 is 3.10. The monoisotopic (exact) mass is 312 g/mol. The van der Waals surface area contributed by atoms with E-state index >= 15 is 0 Å². The Balaban J connectivity index is 3.16. The SMILES string of the molecule is COc1cc(C(F)(F)F)cc(Br)c1CCCO. The van der Waals surface area contributed by atoms with Crippen molar-refractivity contribution in [3.8, 4) is 5.75 Å². The molecule has 1 aromatic carbocycles. The van der Waals surface area contributed by atoms with Gasteiger partial charge < -0.3 is 9.84 Å². The Morgan fingerprint density at radius 1 is 1.35 bits per heavy atom. The van der Waals surface area contributed by atoms with E-state index in [1.165, 1.54) is 7.11 Å². The van der Waals surface area contributed by atoms with Crippen LogP contribution in [-0.4, -0.2) is 18.8 Å². The van der Waals surface area contributed by atoms with Gasteiger partial charge in [0.2, 0.25) is 0 Å². The van der Waals surface area contributed by atoms with Gasteiger partial charge in [0, 0.05) is 16.6 Å². The Morgan fingerprint density at radius 3 is 2.47 bits per heavy atom. The zero-order valence-electron chi connectivity index (χ0n) is 9.14. The minimum atomic E-state index is -4.40. The maximum absolute atomic E-state index is 12.6. The molecule has 2 nitrogen and oxygen atoms in total. The summed E-state index contributed by atoms with van der Waals surface area (Å²) in [6, 6.07) is 1.99. The van der Waals surface area contributed by atoms with E-state index in [2.05, 4.69) is 15.9 Å². The molecular weight excluding hydrogens is 301 g/mol. The van der Waals surface area contributed by atoms with E-state index in [0.29, 0.717) is 22.9 Å². The molecule has 0 unspecified atom stereocenters. The fourth-order valence-corrected chi connectivity index (χ4v) is 2.10. The number of rotatable bonds is 4. The van der Waals surface area contributed by atoms with Crippen molar-refractivity contribution in [2.75, 3.05) is 13.7 Å². The van der Waals surface area contributed by atoms with Gasteiger partial charge in [0.05, 0.1) is 12.7 Å². The molecule has 96 valence electrons. The summed E-state index contributed by atoms with van der Waals surface area (Å²) in [6.07, 6.45) is -3.47. The quantitative estimate of drug-likeness (QED) is 0.923. The lowest BCUT2D eigenvalue weighted by Crippen LogP contribution is -2.07. The molecule has 0 aliphatic heterocycles. The van der Waals surface area contributed by atoms with Gasteiger partial charge in [-0.05, 0) is 25.0 Å². The summed E-state index contributed by atoms with van der Waals surface area (Å²) < 4.78 is 42.9. The second kappa shape index (κ2) is 5.73. The number of alkyl halides is 3. The van der Waals surface area contributed by atoms with Crippen molar-refractivity contribution in [1.29, 1.82) is 0 Å². The zero-order chi connectivity index (χ0) is 13.1. The maximum Gasteiger partial charge on any atom is 0.416 e. The number of benzene rings is 1. The van der Waals surface area contributed by atoms with Crippen LogP contribution in [0.2, 0.25) is 0 Å². The van der Waals surface area contributed by atoms with Crippen LogP contribution in [0.25, 0.3) is 0 Å². The standard InChI is InChI=1S/C11H12BrF3O2/c1-17-10-6-7(11(13,14)15)5-9(12)8(10)3-2-4-16/h5-6,16H,2-4H2,1H3. The molecule has 0 aromatic heterocycles. The fraction of sp³-hybridized carbons (Fsp3) is 0.455. The average molecular weight is 313 g/mol. The molecular formula is C11H12BrF3O2. The smallest absolute Gasteiger partial charge is 0.416 e. The Kier molecular flexibility index (Phi) is 4.82. The van der Waals surface area contributed by atoms with Crippen molar-refractivity contribution in [3.63, 3.8) is 0 Å². The molecule has 1 N–H and O–H groups in total. The summed E-state index contributed by atoms with van der Waals surface area (Å²) in [4.78, 5) is 0. The normalized spacial score (nSPS) is 11.6. The van der Waals surface area contributed by atoms with E-state index < -0.39 is 11.7 Å². The second-order valence-electron chi connectivity index (χ2n) is 3.46. The Hall–Kier alpha value is -0.750. The van der Waals surface area contributed by atoms with Crippen LogP contribution in [0.4, 0.5) is 13.2 Å². The van der Waals surface area contributed by atoms with E-state index in [1.807, 2.05) is 0 Å². The third-order valence-electron chi connectivity index (χ3n) is 2.29. The van der Waals surface area contributed by atoms with Crippen LogP contribution in [0, 0.1) is 0 Å². The number of ether oxygens (including phenoxy) is 1. The molecule has 0 aliphatic carbocycles. The first kappa shape index (κ1) is 14.3. The van der Waals surface area contributed by atoms with Crippen LogP contribution in [0.3, 0.4) is 0 Å². The highest BCUT2D eigenvalue weighted by Crippen LogP contribution is 2.37. The van der Waals surface area contributed by atoms with Crippen molar-refractivity contribution in [3.05, 3.63) is 27.7 Å². The third-order valence-corrected chi connectivity index (χ3v) is 2.99. The Morgan fingerprint density at radius 2 is 2.00 bits per heavy atom. The second-order valence-corrected chi connectivity index (χ2v) is 4.32. The van der Waals surface area contributed by atoms with Gasteiger partial charge in [0.25, 0.3) is 0 Å². The molecule has 0 saturated carbocycles. The summed E-state index contributed by atoms with van der Waals surface area (Å²) in [7, 11) is 1.32. The Labute approximate surface area is 106 Å². The van der Waals surface area contributed by atoms with Crippen LogP contribution in [0.1, 0.15) is 17.5 Å². The molecule has 0 bridgehead atoms. The number of aliphatic hydroxyl groups is 1. The number of methoxy groups -OCH3 is 1. The van der Waals surface area contributed by atoms with Crippen LogP contribution in [0.15, 0.2) is 16.6 Å². The van der Waals surface area contributed by atoms with Crippen LogP contribution >= 0.6 is 15.9 Å². The van der Waals surface area contributed by atoms with E-state index in [9.17, 15) is 13.2 Å². The van der Waals surface area contributed by atoms with Crippen LogP contribution in [-0.2, 0) is 12.6 Å². The average Bonchev–Trinajstić information content (AvgIpc) is 2.25. The fourth-order valence-electron chi connectivity index (χ4n) is 1.46. The molecule has 1 aromatic rings. The van der Waals surface area contributed by atoms with Gasteiger partial charge in [-0.25, -0.2) is 0 Å². The first-order valence-corrected chi connectivity index (χ1v) is 5.74. The Bertz CT molecular complexity index is 391. The molecule has 6 heteroatoms. The molecule has 0 fully saturated rings. The van der Waals surface area contributed by atoms with Crippen molar-refractivity contribution >= 4 is 15.9 Å². The minimum absolute atomic E-state index is 0.0172. The predicted octanol–water partition coefficient (Wildman–Crippen LogP) is 3.40. The molecule has 0 aliphatic rings. The van der Waals surface area contributed by atoms with E-state index in [4.69, 9.17) is 9.84 Å². The molecule has 17 heavy (non-hydrogen) atoms. The van der Waals surface area contributed by atoms with Crippen molar-refractivity contribution in [2.45, 2.75) is 19.0 Å². The topological polar surface area (TPSA) is 29.5 Å². The van der Waals surface area contributed by atoms with Gasteiger partial charge in [0.1, 0.15) is 5.75 Å². The largest absolute Gasteiger partial charge is 0.496 e. The third kappa shape index (κ3) is 3.61. The van der Waals surface area contributed by atoms with Crippen LogP contribution in [0.5, 0.6) is 5.75 Å². The maximum atomic E-state index is 12.6. The predicted molar refractivity (Wildman–Crippen MR) is 61.1 cm³/mol. The first-order valence-electron chi connectivity index (χ1n) is 4.94. The van der Waals surface area contributed by atoms with Gasteiger partial charge in [-0.15, -0.1) is 0 Å².